The maximum atomic E-state index is 12.5. The van der Waals surface area contributed by atoms with Gasteiger partial charge in [0, 0.05) is 24.7 Å². The van der Waals surface area contributed by atoms with Crippen LogP contribution in [0.5, 0.6) is 5.75 Å². The Balaban J connectivity index is 0.00000272. The summed E-state index contributed by atoms with van der Waals surface area (Å²) in [4.78, 5) is 12.5. The van der Waals surface area contributed by atoms with Crippen molar-refractivity contribution in [2.24, 2.45) is 5.73 Å². The number of benzene rings is 2. The van der Waals surface area contributed by atoms with Crippen LogP contribution in [-0.4, -0.2) is 37.4 Å². The number of halogens is 2. The largest absolute Gasteiger partial charge is 0.494 e. The molecule has 1 aliphatic rings. The van der Waals surface area contributed by atoms with Crippen molar-refractivity contribution in [1.29, 1.82) is 0 Å². The highest BCUT2D eigenvalue weighted by Gasteiger charge is 2.23. The van der Waals surface area contributed by atoms with Gasteiger partial charge in [-0.05, 0) is 49.4 Å². The summed E-state index contributed by atoms with van der Waals surface area (Å²) in [6, 6.07) is 18.1. The van der Waals surface area contributed by atoms with E-state index >= 15 is 0 Å². The molecule has 0 aliphatic heterocycles. The Morgan fingerprint density at radius 3 is 2.39 bits per heavy atom. The third kappa shape index (κ3) is 10.2. The Morgan fingerprint density at radius 2 is 1.73 bits per heavy atom. The van der Waals surface area contributed by atoms with E-state index in [1.54, 1.807) is 0 Å². The average Bonchev–Trinajstić information content (AvgIpc) is 2.79. The van der Waals surface area contributed by atoms with Crippen LogP contribution in [0.3, 0.4) is 0 Å². The van der Waals surface area contributed by atoms with E-state index in [1.807, 2.05) is 61.5 Å². The first-order valence-electron chi connectivity index (χ1n) is 11.3. The van der Waals surface area contributed by atoms with Crippen LogP contribution in [0.2, 0.25) is 0 Å². The Hall–Kier alpha value is -1.99. The Kier molecular flexibility index (Phi) is 13.9. The van der Waals surface area contributed by atoms with E-state index in [4.69, 9.17) is 15.2 Å². The van der Waals surface area contributed by atoms with Crippen LogP contribution in [0.4, 0.5) is 4.79 Å². The molecule has 4 N–H and O–H groups in total. The van der Waals surface area contributed by atoms with Gasteiger partial charge < -0.3 is 25.8 Å². The lowest BCUT2D eigenvalue weighted by molar-refractivity contribution is 0.135. The Labute approximate surface area is 209 Å². The molecule has 0 heterocycles. The minimum Gasteiger partial charge on any atom is -0.494 e. The number of nitrogens with one attached hydrogen (secondary N) is 2. The zero-order valence-corrected chi connectivity index (χ0v) is 20.8. The van der Waals surface area contributed by atoms with Gasteiger partial charge in [0.25, 0.3) is 0 Å². The van der Waals surface area contributed by atoms with E-state index < -0.39 is 6.09 Å². The highest BCUT2D eigenvalue weighted by Crippen LogP contribution is 2.17. The number of alkyl carbamates (subject to hydrolysis) is 1. The van der Waals surface area contributed by atoms with Crippen molar-refractivity contribution in [3.05, 3.63) is 65.7 Å². The fourth-order valence-corrected chi connectivity index (χ4v) is 3.99. The van der Waals surface area contributed by atoms with Crippen molar-refractivity contribution in [2.45, 2.75) is 63.8 Å². The molecule has 8 heteroatoms. The third-order valence-electron chi connectivity index (χ3n) is 5.70. The summed E-state index contributed by atoms with van der Waals surface area (Å²) < 4.78 is 11.0. The van der Waals surface area contributed by atoms with E-state index in [1.165, 1.54) is 12.8 Å². The molecule has 184 valence electrons. The lowest BCUT2D eigenvalue weighted by Gasteiger charge is -2.31. The summed E-state index contributed by atoms with van der Waals surface area (Å²) in [6.45, 7) is 3.51. The van der Waals surface area contributed by atoms with Crippen LogP contribution >= 0.6 is 24.8 Å². The van der Waals surface area contributed by atoms with Crippen LogP contribution in [-0.2, 0) is 17.8 Å². The minimum atomic E-state index is -0.408. The summed E-state index contributed by atoms with van der Waals surface area (Å²) in [5, 5.41) is 6.62. The molecule has 1 fully saturated rings. The summed E-state index contributed by atoms with van der Waals surface area (Å²) in [5.41, 5.74) is 8.38. The lowest BCUT2D eigenvalue weighted by Crippen LogP contribution is -2.52. The van der Waals surface area contributed by atoms with E-state index in [0.29, 0.717) is 25.6 Å². The molecule has 1 aliphatic carbocycles. The van der Waals surface area contributed by atoms with Gasteiger partial charge >= 0.3 is 6.09 Å². The molecule has 0 radical (unpaired) electrons. The van der Waals surface area contributed by atoms with Gasteiger partial charge in [-0.25, -0.2) is 4.79 Å². The minimum absolute atomic E-state index is 0. The Morgan fingerprint density at radius 1 is 1.03 bits per heavy atom. The topological polar surface area (TPSA) is 85.6 Å². The van der Waals surface area contributed by atoms with Gasteiger partial charge in [0.05, 0.1) is 6.61 Å². The smallest absolute Gasteiger partial charge is 0.407 e. The van der Waals surface area contributed by atoms with Crippen molar-refractivity contribution in [3.8, 4) is 5.75 Å². The summed E-state index contributed by atoms with van der Waals surface area (Å²) >= 11 is 0. The zero-order chi connectivity index (χ0) is 21.9. The van der Waals surface area contributed by atoms with Gasteiger partial charge in [0.2, 0.25) is 0 Å². The van der Waals surface area contributed by atoms with Gasteiger partial charge in [-0.2, -0.15) is 0 Å². The first-order valence-corrected chi connectivity index (χ1v) is 11.3. The average molecular weight is 498 g/mol. The fraction of sp³-hybridized carbons (Fsp3) is 0.480. The van der Waals surface area contributed by atoms with E-state index in [0.717, 1.165) is 29.7 Å². The van der Waals surface area contributed by atoms with Gasteiger partial charge in [0.1, 0.15) is 12.4 Å². The van der Waals surface area contributed by atoms with E-state index in [2.05, 4.69) is 10.6 Å². The predicted molar refractivity (Wildman–Crippen MR) is 138 cm³/mol. The van der Waals surface area contributed by atoms with Crippen LogP contribution in [0, 0.1) is 0 Å². The fourth-order valence-electron chi connectivity index (χ4n) is 3.99. The number of ether oxygens (including phenoxy) is 2. The number of carbonyl (C=O) groups excluding carboxylic acids is 1. The molecule has 1 amide bonds. The molecule has 0 aromatic heterocycles. The van der Waals surface area contributed by atoms with Gasteiger partial charge in [-0.3, -0.25) is 0 Å². The van der Waals surface area contributed by atoms with Gasteiger partial charge in [-0.15, -0.1) is 24.8 Å². The van der Waals surface area contributed by atoms with Crippen molar-refractivity contribution < 1.29 is 14.3 Å². The van der Waals surface area contributed by atoms with Crippen molar-refractivity contribution >= 4 is 30.9 Å². The number of hydrogen-bond donors (Lipinski definition) is 3. The third-order valence-corrected chi connectivity index (χ3v) is 5.70. The number of carbonyl (C=O) groups is 1. The molecule has 3 unspecified atom stereocenters. The maximum absolute atomic E-state index is 12.5. The molecule has 0 saturated heterocycles. The summed E-state index contributed by atoms with van der Waals surface area (Å²) in [5.74, 6) is 0.851. The number of rotatable bonds is 10. The van der Waals surface area contributed by atoms with Crippen LogP contribution in [0.1, 0.15) is 43.7 Å². The molecule has 0 bridgehead atoms. The highest BCUT2D eigenvalue weighted by molar-refractivity contribution is 5.85. The lowest BCUT2D eigenvalue weighted by atomic mass is 9.91. The summed E-state index contributed by atoms with van der Waals surface area (Å²) in [6.07, 6.45) is 4.81. The molecule has 6 nitrogen and oxygen atoms in total. The monoisotopic (exact) mass is 497 g/mol. The highest BCUT2D eigenvalue weighted by atomic mass is 35.5. The second-order valence-electron chi connectivity index (χ2n) is 8.15. The number of hydrogen-bond acceptors (Lipinski definition) is 5. The second-order valence-corrected chi connectivity index (χ2v) is 8.15. The first kappa shape index (κ1) is 29.0. The normalized spacial score (nSPS) is 18.2. The Bertz CT molecular complexity index is 793. The molecule has 2 aromatic rings. The quantitative estimate of drug-likeness (QED) is 0.445. The first-order chi connectivity index (χ1) is 15.1. The van der Waals surface area contributed by atoms with Crippen LogP contribution in [0.15, 0.2) is 54.6 Å². The maximum Gasteiger partial charge on any atom is 0.407 e. The van der Waals surface area contributed by atoms with Crippen molar-refractivity contribution in [2.75, 3.05) is 13.2 Å². The summed E-state index contributed by atoms with van der Waals surface area (Å²) in [7, 11) is 0. The van der Waals surface area contributed by atoms with Crippen molar-refractivity contribution in [3.63, 3.8) is 0 Å². The second kappa shape index (κ2) is 15.8. The SMILES string of the molecule is CCOc1ccc(CC(CNC2CCCCC2N)NC(=O)OCc2ccccc2)cc1.Cl.Cl. The van der Waals surface area contributed by atoms with E-state index in [9.17, 15) is 4.79 Å². The van der Waals surface area contributed by atoms with Crippen molar-refractivity contribution in [1.82, 2.24) is 10.6 Å². The molecule has 3 rings (SSSR count). The number of amides is 1. The predicted octanol–water partition coefficient (Wildman–Crippen LogP) is 4.63. The molecule has 2 aromatic carbocycles. The molecular formula is C25H37Cl2N3O3. The number of nitrogens with two attached hydrogens (primary N) is 1. The molecule has 33 heavy (non-hydrogen) atoms. The zero-order valence-electron chi connectivity index (χ0n) is 19.2. The molecular weight excluding hydrogens is 461 g/mol. The molecule has 0 spiro atoms. The van der Waals surface area contributed by atoms with Gasteiger partial charge in [-0.1, -0.05) is 55.3 Å². The van der Waals surface area contributed by atoms with Gasteiger partial charge in [0.15, 0.2) is 0 Å². The van der Waals surface area contributed by atoms with Crippen LogP contribution < -0.4 is 21.1 Å². The molecule has 1 saturated carbocycles. The molecule has 3 atom stereocenters. The van der Waals surface area contributed by atoms with E-state index in [-0.39, 0.29) is 43.5 Å². The standard InChI is InChI=1S/C25H35N3O3.2ClH/c1-2-30-22-14-12-19(13-15-22)16-21(17-27-24-11-7-6-10-23(24)26)28-25(29)31-18-20-8-4-3-5-9-20;;/h3-5,8-9,12-15,21,23-24,27H,2,6-7,10-11,16-18,26H2,1H3,(H,28,29);2*1H. The van der Waals surface area contributed by atoms with Crippen LogP contribution in [0.25, 0.3) is 0 Å².